The summed E-state index contributed by atoms with van der Waals surface area (Å²) in [5.41, 5.74) is 2.05. The van der Waals surface area contributed by atoms with Crippen LogP contribution in [0.25, 0.3) is 0 Å². The van der Waals surface area contributed by atoms with Crippen LogP contribution in [0.1, 0.15) is 5.56 Å². The third kappa shape index (κ3) is 4.32. The van der Waals surface area contributed by atoms with E-state index in [0.717, 1.165) is 11.3 Å². The molecule has 6 heteroatoms. The molecule has 2 aromatic rings. The fourth-order valence-corrected chi connectivity index (χ4v) is 2.51. The average Bonchev–Trinajstić information content (AvgIpc) is 2.46. The van der Waals surface area contributed by atoms with Gasteiger partial charge >= 0.3 is 0 Å². The summed E-state index contributed by atoms with van der Waals surface area (Å²) < 4.78 is 0.676. The summed E-state index contributed by atoms with van der Waals surface area (Å²) in [5.74, 6) is 0.677. The van der Waals surface area contributed by atoms with Gasteiger partial charge in [0, 0.05) is 23.6 Å². The summed E-state index contributed by atoms with van der Waals surface area (Å²) >= 11 is 6.74. The van der Waals surface area contributed by atoms with Crippen molar-refractivity contribution in [2.45, 2.75) is 5.75 Å². The number of thiocarbonyl (C=S) groups is 1. The Balaban J connectivity index is 1.85. The molecule has 0 heterocycles. The van der Waals surface area contributed by atoms with E-state index in [9.17, 15) is 10.1 Å². The molecule has 0 aliphatic carbocycles. The monoisotopic (exact) mass is 304 g/mol. The number of nitro groups is 1. The highest BCUT2D eigenvalue weighted by atomic mass is 32.2. The van der Waals surface area contributed by atoms with Crippen molar-refractivity contribution in [1.82, 2.24) is 0 Å². The Morgan fingerprint density at radius 1 is 1.15 bits per heavy atom. The summed E-state index contributed by atoms with van der Waals surface area (Å²) in [6, 6.07) is 16.2. The van der Waals surface area contributed by atoms with Gasteiger partial charge in [-0.25, -0.2) is 0 Å². The molecule has 0 fully saturated rings. The van der Waals surface area contributed by atoms with E-state index in [2.05, 4.69) is 5.32 Å². The normalized spacial score (nSPS) is 10.0. The van der Waals surface area contributed by atoms with Gasteiger partial charge in [-0.1, -0.05) is 54.3 Å². The molecule has 0 radical (unpaired) electrons. The van der Waals surface area contributed by atoms with Gasteiger partial charge in [-0.3, -0.25) is 10.1 Å². The van der Waals surface area contributed by atoms with E-state index in [0.29, 0.717) is 10.1 Å². The van der Waals surface area contributed by atoms with Crippen molar-refractivity contribution < 1.29 is 4.92 Å². The molecule has 2 aromatic carbocycles. The van der Waals surface area contributed by atoms with Crippen molar-refractivity contribution >= 4 is 39.7 Å². The first kappa shape index (κ1) is 14.5. The van der Waals surface area contributed by atoms with Crippen LogP contribution < -0.4 is 5.32 Å². The van der Waals surface area contributed by atoms with Crippen molar-refractivity contribution in [3.63, 3.8) is 0 Å². The summed E-state index contributed by atoms with van der Waals surface area (Å²) in [7, 11) is 0. The summed E-state index contributed by atoms with van der Waals surface area (Å²) in [5, 5.41) is 13.7. The molecule has 0 saturated carbocycles. The summed E-state index contributed by atoms with van der Waals surface area (Å²) in [4.78, 5) is 10.1. The number of thioether (sulfide) groups is 1. The van der Waals surface area contributed by atoms with Crippen molar-refractivity contribution in [3.05, 3.63) is 70.3 Å². The molecule has 0 aromatic heterocycles. The zero-order valence-corrected chi connectivity index (χ0v) is 12.1. The molecule has 2 rings (SSSR count). The molecule has 102 valence electrons. The van der Waals surface area contributed by atoms with Crippen LogP contribution in [0.2, 0.25) is 0 Å². The maximum Gasteiger partial charge on any atom is 0.269 e. The Hall–Kier alpha value is -1.92. The van der Waals surface area contributed by atoms with Gasteiger partial charge in [-0.2, -0.15) is 0 Å². The first-order valence-electron chi connectivity index (χ1n) is 5.87. The summed E-state index contributed by atoms with van der Waals surface area (Å²) in [6.07, 6.45) is 0. The molecule has 20 heavy (non-hydrogen) atoms. The molecule has 1 N–H and O–H groups in total. The SMILES string of the molecule is O=[N+]([O-])c1ccc(CSC(=S)Nc2ccccc2)cc1. The van der Waals surface area contributed by atoms with E-state index < -0.39 is 4.92 Å². The number of non-ortho nitro benzene ring substituents is 1. The predicted octanol–water partition coefficient (Wildman–Crippen LogP) is 4.23. The number of rotatable bonds is 4. The standard InChI is InChI=1S/C14H12N2O2S2/c17-16(18)13-8-6-11(7-9-13)10-20-14(19)15-12-4-2-1-3-5-12/h1-9H,10H2,(H,15,19). The Labute approximate surface area is 126 Å². The highest BCUT2D eigenvalue weighted by Crippen LogP contribution is 2.19. The smallest absolute Gasteiger partial charge is 0.269 e. The summed E-state index contributed by atoms with van der Waals surface area (Å²) in [6.45, 7) is 0. The highest BCUT2D eigenvalue weighted by molar-refractivity contribution is 8.22. The van der Waals surface area contributed by atoms with Gasteiger partial charge in [0.2, 0.25) is 0 Å². The molecule has 0 aliphatic heterocycles. The topological polar surface area (TPSA) is 55.2 Å². The quantitative estimate of drug-likeness (QED) is 0.520. The van der Waals surface area contributed by atoms with Gasteiger partial charge in [-0.15, -0.1) is 0 Å². The Bertz CT molecular complexity index is 600. The zero-order valence-electron chi connectivity index (χ0n) is 10.5. The first-order valence-corrected chi connectivity index (χ1v) is 7.27. The van der Waals surface area contributed by atoms with E-state index in [-0.39, 0.29) is 5.69 Å². The minimum atomic E-state index is -0.404. The largest absolute Gasteiger partial charge is 0.341 e. The number of nitrogens with one attached hydrogen (secondary N) is 1. The van der Waals surface area contributed by atoms with Gasteiger partial charge in [0.1, 0.15) is 4.32 Å². The molecule has 0 aliphatic rings. The van der Waals surface area contributed by atoms with E-state index in [1.54, 1.807) is 12.1 Å². The van der Waals surface area contributed by atoms with Gasteiger partial charge < -0.3 is 5.32 Å². The molecule has 0 amide bonds. The molecular weight excluding hydrogens is 292 g/mol. The molecular formula is C14H12N2O2S2. The molecule has 0 atom stereocenters. The number of hydrogen-bond acceptors (Lipinski definition) is 4. The second kappa shape index (κ2) is 7.02. The lowest BCUT2D eigenvalue weighted by Crippen LogP contribution is -2.04. The number of nitro benzene ring substituents is 1. The number of hydrogen-bond donors (Lipinski definition) is 1. The minimum Gasteiger partial charge on any atom is -0.341 e. The van der Waals surface area contributed by atoms with Crippen LogP contribution in [0.15, 0.2) is 54.6 Å². The number of anilines is 1. The Morgan fingerprint density at radius 2 is 1.80 bits per heavy atom. The fourth-order valence-electron chi connectivity index (χ4n) is 1.54. The second-order valence-electron chi connectivity index (χ2n) is 3.99. The van der Waals surface area contributed by atoms with Crippen LogP contribution >= 0.6 is 24.0 Å². The maximum absolute atomic E-state index is 10.6. The van der Waals surface area contributed by atoms with Gasteiger partial charge in [-0.05, 0) is 17.7 Å². The third-order valence-corrected chi connectivity index (χ3v) is 3.83. The number of benzene rings is 2. The molecule has 0 saturated heterocycles. The van der Waals surface area contributed by atoms with Crippen molar-refractivity contribution in [1.29, 1.82) is 0 Å². The number of nitrogens with zero attached hydrogens (tertiary/aromatic N) is 1. The van der Waals surface area contributed by atoms with Crippen LogP contribution in [0.3, 0.4) is 0 Å². The first-order chi connectivity index (χ1) is 9.65. The Kier molecular flexibility index (Phi) is 5.09. The zero-order chi connectivity index (χ0) is 14.4. The molecule has 0 unspecified atom stereocenters. The maximum atomic E-state index is 10.6. The van der Waals surface area contributed by atoms with Crippen LogP contribution in [0.4, 0.5) is 11.4 Å². The van der Waals surface area contributed by atoms with Gasteiger partial charge in [0.25, 0.3) is 5.69 Å². The average molecular weight is 304 g/mol. The van der Waals surface area contributed by atoms with Crippen molar-refractivity contribution in [3.8, 4) is 0 Å². The number of para-hydroxylation sites is 1. The highest BCUT2D eigenvalue weighted by Gasteiger charge is 2.05. The minimum absolute atomic E-state index is 0.101. The lowest BCUT2D eigenvalue weighted by Gasteiger charge is -2.07. The van der Waals surface area contributed by atoms with E-state index in [1.807, 2.05) is 30.3 Å². The van der Waals surface area contributed by atoms with Gasteiger partial charge in [0.15, 0.2) is 0 Å². The van der Waals surface area contributed by atoms with E-state index >= 15 is 0 Å². The van der Waals surface area contributed by atoms with Crippen LogP contribution in [0, 0.1) is 10.1 Å². The molecule has 0 spiro atoms. The van der Waals surface area contributed by atoms with Crippen LogP contribution in [-0.2, 0) is 5.75 Å². The second-order valence-corrected chi connectivity index (χ2v) is 5.64. The Morgan fingerprint density at radius 3 is 2.40 bits per heavy atom. The van der Waals surface area contributed by atoms with Crippen LogP contribution in [-0.4, -0.2) is 9.24 Å². The van der Waals surface area contributed by atoms with Crippen LogP contribution in [0.5, 0.6) is 0 Å². The van der Waals surface area contributed by atoms with Crippen molar-refractivity contribution in [2.75, 3.05) is 5.32 Å². The van der Waals surface area contributed by atoms with E-state index in [4.69, 9.17) is 12.2 Å². The lowest BCUT2D eigenvalue weighted by atomic mass is 10.2. The van der Waals surface area contributed by atoms with E-state index in [1.165, 1.54) is 23.9 Å². The lowest BCUT2D eigenvalue weighted by molar-refractivity contribution is -0.384. The molecule has 0 bridgehead atoms. The molecule has 4 nitrogen and oxygen atoms in total. The predicted molar refractivity (Wildman–Crippen MR) is 87.1 cm³/mol. The van der Waals surface area contributed by atoms with Gasteiger partial charge in [0.05, 0.1) is 4.92 Å². The third-order valence-electron chi connectivity index (χ3n) is 2.54. The van der Waals surface area contributed by atoms with Crippen molar-refractivity contribution in [2.24, 2.45) is 0 Å². The fraction of sp³-hybridized carbons (Fsp3) is 0.0714.